The summed E-state index contributed by atoms with van der Waals surface area (Å²) in [6.45, 7) is 13.5. The monoisotopic (exact) mass is 391 g/mol. The van der Waals surface area contributed by atoms with E-state index in [0.29, 0.717) is 17.6 Å². The van der Waals surface area contributed by atoms with Crippen molar-refractivity contribution < 1.29 is 9.59 Å². The van der Waals surface area contributed by atoms with E-state index in [-0.39, 0.29) is 11.6 Å². The minimum atomic E-state index is -0.0182. The lowest BCUT2D eigenvalue weighted by Gasteiger charge is -2.04. The SMILES string of the molecule is C=C(/C=C(\C=C/C)c1cc(C(C)=O)c(CCC)[nH]1)C(=O)Cc1ccccc1.CC. The topological polar surface area (TPSA) is 49.9 Å². The number of carbonyl (C=O) groups excluding carboxylic acids is 2. The lowest BCUT2D eigenvalue weighted by atomic mass is 10.0. The number of carbonyl (C=O) groups is 2. The van der Waals surface area contributed by atoms with Crippen molar-refractivity contribution in [1.82, 2.24) is 4.98 Å². The Morgan fingerprint density at radius 3 is 2.34 bits per heavy atom. The van der Waals surface area contributed by atoms with E-state index in [1.165, 1.54) is 0 Å². The van der Waals surface area contributed by atoms with Gasteiger partial charge in [-0.1, -0.05) is 76.3 Å². The number of rotatable bonds is 9. The summed E-state index contributed by atoms with van der Waals surface area (Å²) in [4.78, 5) is 27.8. The van der Waals surface area contributed by atoms with Crippen molar-refractivity contribution in [3.8, 4) is 0 Å². The number of Topliss-reactive ketones (excluding diaryl/α,β-unsaturated/α-hetero) is 2. The van der Waals surface area contributed by atoms with E-state index in [0.717, 1.165) is 35.4 Å². The Balaban J connectivity index is 0.00000204. The summed E-state index contributed by atoms with van der Waals surface area (Å²) >= 11 is 0. The molecule has 154 valence electrons. The molecule has 0 saturated heterocycles. The molecule has 3 heteroatoms. The number of allylic oxidation sites excluding steroid dienone is 5. The average Bonchev–Trinajstić information content (AvgIpc) is 3.14. The van der Waals surface area contributed by atoms with Crippen LogP contribution < -0.4 is 0 Å². The van der Waals surface area contributed by atoms with Gasteiger partial charge in [-0.2, -0.15) is 0 Å². The molecule has 1 aromatic carbocycles. The Kier molecular flexibility index (Phi) is 10.4. The zero-order valence-corrected chi connectivity index (χ0v) is 18.3. The normalized spacial score (nSPS) is 11.1. The number of aromatic amines is 1. The largest absolute Gasteiger partial charge is 0.358 e. The summed E-state index contributed by atoms with van der Waals surface area (Å²) in [5.41, 5.74) is 4.74. The van der Waals surface area contributed by atoms with E-state index in [1.54, 1.807) is 13.0 Å². The van der Waals surface area contributed by atoms with Gasteiger partial charge in [0.1, 0.15) is 0 Å². The van der Waals surface area contributed by atoms with E-state index < -0.39 is 0 Å². The number of hydrogen-bond donors (Lipinski definition) is 1. The molecule has 0 aliphatic carbocycles. The quantitative estimate of drug-likeness (QED) is 0.300. The molecule has 0 saturated carbocycles. The highest BCUT2D eigenvalue weighted by Gasteiger charge is 2.14. The van der Waals surface area contributed by atoms with Gasteiger partial charge in [0.15, 0.2) is 11.6 Å². The van der Waals surface area contributed by atoms with Crippen LogP contribution in [0.1, 0.15) is 68.3 Å². The third-order valence-corrected chi connectivity index (χ3v) is 4.33. The molecule has 0 fully saturated rings. The van der Waals surface area contributed by atoms with Crippen LogP contribution in [0.3, 0.4) is 0 Å². The number of hydrogen-bond acceptors (Lipinski definition) is 2. The van der Waals surface area contributed by atoms with Crippen LogP contribution in [0.15, 0.2) is 66.8 Å². The van der Waals surface area contributed by atoms with Gasteiger partial charge in [0.25, 0.3) is 0 Å². The van der Waals surface area contributed by atoms with Gasteiger partial charge in [-0.15, -0.1) is 0 Å². The number of ketones is 2. The van der Waals surface area contributed by atoms with Crippen LogP contribution >= 0.6 is 0 Å². The Morgan fingerprint density at radius 2 is 1.79 bits per heavy atom. The van der Waals surface area contributed by atoms with Gasteiger partial charge in [0.2, 0.25) is 0 Å². The first-order chi connectivity index (χ1) is 14.0. The maximum Gasteiger partial charge on any atom is 0.166 e. The Labute approximate surface area is 175 Å². The van der Waals surface area contributed by atoms with Crippen LogP contribution in [-0.4, -0.2) is 16.6 Å². The minimum Gasteiger partial charge on any atom is -0.358 e. The van der Waals surface area contributed by atoms with Crippen molar-refractivity contribution in [2.24, 2.45) is 0 Å². The van der Waals surface area contributed by atoms with Crippen LogP contribution in [-0.2, 0) is 17.6 Å². The molecule has 0 atom stereocenters. The van der Waals surface area contributed by atoms with Crippen molar-refractivity contribution in [2.45, 2.75) is 53.9 Å². The molecule has 0 amide bonds. The molecule has 0 radical (unpaired) electrons. The van der Waals surface area contributed by atoms with E-state index >= 15 is 0 Å². The fourth-order valence-corrected chi connectivity index (χ4v) is 2.97. The van der Waals surface area contributed by atoms with Crippen molar-refractivity contribution in [1.29, 1.82) is 0 Å². The lowest BCUT2D eigenvalue weighted by molar-refractivity contribution is -0.114. The first-order valence-electron chi connectivity index (χ1n) is 10.3. The third-order valence-electron chi connectivity index (χ3n) is 4.33. The smallest absolute Gasteiger partial charge is 0.166 e. The summed E-state index contributed by atoms with van der Waals surface area (Å²) in [6.07, 6.45) is 7.71. The molecule has 2 rings (SSSR count). The van der Waals surface area contributed by atoms with E-state index in [9.17, 15) is 9.59 Å². The van der Waals surface area contributed by atoms with Crippen LogP contribution in [0.25, 0.3) is 5.57 Å². The van der Waals surface area contributed by atoms with Gasteiger partial charge in [0.05, 0.1) is 0 Å². The summed E-state index contributed by atoms with van der Waals surface area (Å²) in [5.74, 6) is 0.0232. The Morgan fingerprint density at radius 1 is 1.14 bits per heavy atom. The highest BCUT2D eigenvalue weighted by Crippen LogP contribution is 2.23. The van der Waals surface area contributed by atoms with Gasteiger partial charge in [0, 0.05) is 28.9 Å². The zero-order valence-electron chi connectivity index (χ0n) is 18.3. The van der Waals surface area contributed by atoms with Crippen molar-refractivity contribution >= 4 is 17.1 Å². The second-order valence-corrected chi connectivity index (χ2v) is 6.59. The highest BCUT2D eigenvalue weighted by atomic mass is 16.1. The fraction of sp³-hybridized carbons (Fsp3) is 0.308. The molecule has 29 heavy (non-hydrogen) atoms. The number of H-pyrrole nitrogens is 1. The van der Waals surface area contributed by atoms with Crippen LogP contribution in [0.2, 0.25) is 0 Å². The predicted octanol–water partition coefficient (Wildman–Crippen LogP) is 6.52. The fourth-order valence-electron chi connectivity index (χ4n) is 2.97. The number of aromatic nitrogens is 1. The molecular formula is C26H33NO2. The third kappa shape index (κ3) is 7.19. The molecule has 3 nitrogen and oxygen atoms in total. The van der Waals surface area contributed by atoms with E-state index in [2.05, 4.69) is 18.5 Å². The maximum atomic E-state index is 12.5. The van der Waals surface area contributed by atoms with Crippen molar-refractivity contribution in [3.05, 3.63) is 89.3 Å². The first-order valence-corrected chi connectivity index (χ1v) is 10.3. The van der Waals surface area contributed by atoms with Gasteiger partial charge in [-0.3, -0.25) is 9.59 Å². The van der Waals surface area contributed by atoms with Gasteiger partial charge >= 0.3 is 0 Å². The second kappa shape index (κ2) is 12.5. The zero-order chi connectivity index (χ0) is 21.8. The van der Waals surface area contributed by atoms with Crippen LogP contribution in [0, 0.1) is 0 Å². The molecule has 0 aliphatic heterocycles. The van der Waals surface area contributed by atoms with Crippen molar-refractivity contribution in [2.75, 3.05) is 0 Å². The molecule has 0 bridgehead atoms. The molecule has 1 N–H and O–H groups in total. The number of benzene rings is 1. The maximum absolute atomic E-state index is 12.5. The van der Waals surface area contributed by atoms with Crippen LogP contribution in [0.4, 0.5) is 0 Å². The van der Waals surface area contributed by atoms with Gasteiger partial charge in [-0.25, -0.2) is 0 Å². The summed E-state index contributed by atoms with van der Waals surface area (Å²) in [6, 6.07) is 11.5. The highest BCUT2D eigenvalue weighted by molar-refractivity contribution is 6.01. The molecule has 0 unspecified atom stereocenters. The molecular weight excluding hydrogens is 358 g/mol. The van der Waals surface area contributed by atoms with Gasteiger partial charge in [-0.05, 0) is 43.5 Å². The lowest BCUT2D eigenvalue weighted by Crippen LogP contribution is -2.04. The second-order valence-electron chi connectivity index (χ2n) is 6.59. The van der Waals surface area contributed by atoms with Gasteiger partial charge < -0.3 is 4.98 Å². The standard InChI is InChI=1S/C24H27NO2.C2H6/c1-5-10-20(23-16-21(18(4)26)22(25-23)11-6-2)14-17(3)24(27)15-19-12-8-7-9-13-19;1-2/h5,7-10,12-14,16,25H,3,6,11,15H2,1-2,4H3;1-2H3/b10-5-,20-14+;. The molecule has 1 heterocycles. The van der Waals surface area contributed by atoms with Crippen molar-refractivity contribution in [3.63, 3.8) is 0 Å². The molecule has 0 spiro atoms. The number of aryl methyl sites for hydroxylation is 1. The molecule has 0 aliphatic rings. The van der Waals surface area contributed by atoms with E-state index in [4.69, 9.17) is 0 Å². The summed E-state index contributed by atoms with van der Waals surface area (Å²) in [5, 5.41) is 0. The van der Waals surface area contributed by atoms with E-state index in [1.807, 2.05) is 69.3 Å². The average molecular weight is 392 g/mol. The molecule has 2 aromatic rings. The summed E-state index contributed by atoms with van der Waals surface area (Å²) in [7, 11) is 0. The number of nitrogens with one attached hydrogen (secondary N) is 1. The Hall–Kier alpha value is -2.94. The first kappa shape index (κ1) is 24.1. The minimum absolute atomic E-state index is 0.0182. The molecule has 1 aromatic heterocycles. The predicted molar refractivity (Wildman–Crippen MR) is 123 cm³/mol. The Bertz CT molecular complexity index is 883. The van der Waals surface area contributed by atoms with Crippen LogP contribution in [0.5, 0.6) is 0 Å². The summed E-state index contributed by atoms with van der Waals surface area (Å²) < 4.78 is 0.